The number of hydrogen-bond donors (Lipinski definition) is 0. The van der Waals surface area contributed by atoms with Crippen LogP contribution in [0.25, 0.3) is 0 Å². The normalized spacial score (nSPS) is 13.3. The third-order valence-electron chi connectivity index (χ3n) is 2.27. The van der Waals surface area contributed by atoms with E-state index in [4.69, 9.17) is 0 Å². The topological polar surface area (TPSA) is 34.1 Å². The molecule has 0 spiro atoms. The van der Waals surface area contributed by atoms with Crippen LogP contribution in [0, 0.1) is 2.88 Å². The van der Waals surface area contributed by atoms with Crippen LogP contribution < -0.4 is 0 Å². The van der Waals surface area contributed by atoms with Gasteiger partial charge < -0.3 is 0 Å². The quantitative estimate of drug-likeness (QED) is 0.291. The molecule has 0 bridgehead atoms. The molecule has 1 aromatic heterocycles. The van der Waals surface area contributed by atoms with E-state index in [1.165, 1.54) is 6.07 Å². The van der Waals surface area contributed by atoms with Crippen molar-refractivity contribution in [3.8, 4) is 0 Å². The molecule has 0 unspecified atom stereocenters. The molecule has 118 valence electrons. The van der Waals surface area contributed by atoms with Gasteiger partial charge in [-0.1, -0.05) is 0 Å². The summed E-state index contributed by atoms with van der Waals surface area (Å²) in [5.74, 6) is -16.6. The summed E-state index contributed by atoms with van der Waals surface area (Å²) in [6.45, 7) is 0. The molecule has 1 aromatic rings. The Balaban J connectivity index is 2.95. The van der Waals surface area contributed by atoms with E-state index in [0.29, 0.717) is 2.88 Å². The van der Waals surface area contributed by atoms with Crippen LogP contribution in [0.2, 0.25) is 0 Å². The number of ketones is 2. The molecule has 1 heterocycles. The lowest BCUT2D eigenvalue weighted by Gasteiger charge is -2.26. The van der Waals surface area contributed by atoms with Crippen molar-refractivity contribution in [2.75, 3.05) is 0 Å². The molecule has 0 radical (unpaired) electrons. The fraction of sp³-hybridized carbons (Fsp3) is 0.400. The molecule has 0 amide bonds. The lowest BCUT2D eigenvalue weighted by Crippen LogP contribution is -2.56. The van der Waals surface area contributed by atoms with E-state index < -0.39 is 36.0 Å². The van der Waals surface area contributed by atoms with E-state index in [2.05, 4.69) is 0 Å². The summed E-state index contributed by atoms with van der Waals surface area (Å²) >= 11 is 2.56. The Morgan fingerprint density at radius 3 is 1.95 bits per heavy atom. The molecule has 0 aromatic carbocycles. The van der Waals surface area contributed by atoms with Crippen molar-refractivity contribution < 1.29 is 40.3 Å². The van der Waals surface area contributed by atoms with Crippen LogP contribution in [0.3, 0.4) is 0 Å². The van der Waals surface area contributed by atoms with Crippen LogP contribution in [0.5, 0.6) is 0 Å². The van der Waals surface area contributed by atoms with Gasteiger partial charge in [0.05, 0.1) is 14.2 Å². The van der Waals surface area contributed by atoms with E-state index in [9.17, 15) is 40.3 Å². The predicted octanol–water partition coefficient (Wildman–Crippen LogP) is 4.33. The molecule has 11 heteroatoms. The highest BCUT2D eigenvalue weighted by molar-refractivity contribution is 14.1. The summed E-state index contributed by atoms with van der Waals surface area (Å²) in [6, 6.07) is 2.55. The maximum atomic E-state index is 13.0. The molecule has 0 saturated heterocycles. The summed E-state index contributed by atoms with van der Waals surface area (Å²) < 4.78 is 87.4. The molecule has 0 aliphatic rings. The first-order chi connectivity index (χ1) is 9.30. The molecule has 0 aliphatic heterocycles. The number of carbonyl (C=O) groups is 2. The fourth-order valence-electron chi connectivity index (χ4n) is 1.16. The molecule has 2 nitrogen and oxygen atoms in total. The van der Waals surface area contributed by atoms with Gasteiger partial charge in [0.25, 0.3) is 0 Å². The monoisotopic (exact) mass is 448 g/mol. The summed E-state index contributed by atoms with van der Waals surface area (Å²) in [5, 5.41) is 0. The van der Waals surface area contributed by atoms with Gasteiger partial charge in [-0.3, -0.25) is 9.59 Å². The minimum Gasteiger partial charge on any atom is -0.293 e. The molecule has 0 saturated carbocycles. The molecule has 0 atom stereocenters. The van der Waals surface area contributed by atoms with E-state index in [1.54, 1.807) is 22.6 Å². The first kappa shape index (κ1) is 18.3. The standard InChI is InChI=1S/C10H4F7IO2S/c11-8(12,9(13,14)10(15,16)17)6(20)3-4(19)5-1-2-7(18)21-5/h1-2H,3H2. The lowest BCUT2D eigenvalue weighted by atomic mass is 10.0. The zero-order valence-corrected chi connectivity index (χ0v) is 12.6. The second-order valence-electron chi connectivity index (χ2n) is 3.77. The smallest absolute Gasteiger partial charge is 0.293 e. The number of alkyl halides is 7. The Labute approximate surface area is 130 Å². The van der Waals surface area contributed by atoms with Crippen LogP contribution in [-0.2, 0) is 4.79 Å². The van der Waals surface area contributed by atoms with Gasteiger partial charge in [0, 0.05) is 0 Å². The van der Waals surface area contributed by atoms with Crippen molar-refractivity contribution in [3.05, 3.63) is 19.9 Å². The van der Waals surface area contributed by atoms with Crippen LogP contribution in [0.1, 0.15) is 16.1 Å². The third-order valence-corrected chi connectivity index (χ3v) is 4.20. The van der Waals surface area contributed by atoms with Crippen molar-refractivity contribution in [1.29, 1.82) is 0 Å². The summed E-state index contributed by atoms with van der Waals surface area (Å²) in [6.07, 6.45) is -8.34. The fourth-order valence-corrected chi connectivity index (χ4v) is 2.72. The minimum atomic E-state index is -6.60. The van der Waals surface area contributed by atoms with E-state index in [1.807, 2.05) is 0 Å². The first-order valence-corrected chi connectivity index (χ1v) is 6.84. The van der Waals surface area contributed by atoms with E-state index >= 15 is 0 Å². The first-order valence-electron chi connectivity index (χ1n) is 4.95. The lowest BCUT2D eigenvalue weighted by molar-refractivity contribution is -0.343. The molecule has 0 N–H and O–H groups in total. The number of rotatable bonds is 5. The zero-order chi connectivity index (χ0) is 16.6. The molecule has 0 aliphatic carbocycles. The maximum absolute atomic E-state index is 13.0. The largest absolute Gasteiger partial charge is 0.460 e. The molecule has 21 heavy (non-hydrogen) atoms. The van der Waals surface area contributed by atoms with Gasteiger partial charge in [0.1, 0.15) is 0 Å². The van der Waals surface area contributed by atoms with Crippen molar-refractivity contribution >= 4 is 45.5 Å². The van der Waals surface area contributed by atoms with Gasteiger partial charge in [-0.25, -0.2) is 0 Å². The van der Waals surface area contributed by atoms with Crippen molar-refractivity contribution in [2.45, 2.75) is 24.4 Å². The highest BCUT2D eigenvalue weighted by Crippen LogP contribution is 2.47. The van der Waals surface area contributed by atoms with Gasteiger partial charge >= 0.3 is 18.0 Å². The predicted molar refractivity (Wildman–Crippen MR) is 66.9 cm³/mol. The van der Waals surface area contributed by atoms with Gasteiger partial charge in [-0.05, 0) is 34.7 Å². The van der Waals surface area contributed by atoms with Crippen LogP contribution in [0.4, 0.5) is 30.7 Å². The summed E-state index contributed by atoms with van der Waals surface area (Å²) in [7, 11) is 0. The Morgan fingerprint density at radius 1 is 1.05 bits per heavy atom. The average Bonchev–Trinajstić information content (AvgIpc) is 2.74. The van der Waals surface area contributed by atoms with Gasteiger partial charge in [0.15, 0.2) is 5.78 Å². The molecular formula is C10H4F7IO2S. The van der Waals surface area contributed by atoms with Gasteiger partial charge in [-0.2, -0.15) is 30.7 Å². The Kier molecular flexibility index (Phi) is 5.08. The van der Waals surface area contributed by atoms with Crippen molar-refractivity contribution in [3.63, 3.8) is 0 Å². The number of Topliss-reactive ketones (excluding diaryl/α,β-unsaturated/α-hetero) is 2. The number of hydrogen-bond acceptors (Lipinski definition) is 3. The summed E-state index contributed by atoms with van der Waals surface area (Å²) in [5.41, 5.74) is 0. The van der Waals surface area contributed by atoms with Crippen molar-refractivity contribution in [1.82, 2.24) is 0 Å². The highest BCUT2D eigenvalue weighted by atomic mass is 127. The Morgan fingerprint density at radius 2 is 1.57 bits per heavy atom. The maximum Gasteiger partial charge on any atom is 0.460 e. The third kappa shape index (κ3) is 3.55. The minimum absolute atomic E-state index is 0.182. The second-order valence-corrected chi connectivity index (χ2v) is 6.75. The number of carbonyl (C=O) groups excluding carboxylic acids is 2. The molecular weight excluding hydrogens is 444 g/mol. The zero-order valence-electron chi connectivity index (χ0n) is 9.61. The van der Waals surface area contributed by atoms with E-state index in [-0.39, 0.29) is 4.88 Å². The SMILES string of the molecule is O=C(CC(=O)C(F)(F)C(F)(F)C(F)(F)F)c1ccc(I)s1. The van der Waals surface area contributed by atoms with Crippen molar-refractivity contribution in [2.24, 2.45) is 0 Å². The Hall–Kier alpha value is -0.720. The molecule has 0 fully saturated rings. The average molecular weight is 448 g/mol. The van der Waals surface area contributed by atoms with Crippen LogP contribution >= 0.6 is 33.9 Å². The number of thiophene rings is 1. The Bertz CT molecular complexity index is 564. The molecule has 1 rings (SSSR count). The van der Waals surface area contributed by atoms with E-state index in [0.717, 1.165) is 17.4 Å². The van der Waals surface area contributed by atoms with Crippen LogP contribution in [0.15, 0.2) is 12.1 Å². The van der Waals surface area contributed by atoms with Gasteiger partial charge in [0.2, 0.25) is 5.78 Å². The second kappa shape index (κ2) is 5.82. The highest BCUT2D eigenvalue weighted by Gasteiger charge is 2.75. The summed E-state index contributed by atoms with van der Waals surface area (Å²) in [4.78, 5) is 22.2. The van der Waals surface area contributed by atoms with Gasteiger partial charge in [-0.15, -0.1) is 11.3 Å². The number of halogens is 8. The van der Waals surface area contributed by atoms with Crippen LogP contribution in [-0.4, -0.2) is 29.6 Å².